The van der Waals surface area contributed by atoms with E-state index in [-0.39, 0.29) is 0 Å². The Labute approximate surface area is 99.0 Å². The maximum absolute atomic E-state index is 5.87. The van der Waals surface area contributed by atoms with Gasteiger partial charge in [0.05, 0.1) is 0 Å². The van der Waals surface area contributed by atoms with Crippen LogP contribution in [0.2, 0.25) is 0 Å². The second kappa shape index (κ2) is 4.28. The summed E-state index contributed by atoms with van der Waals surface area (Å²) in [5, 5.41) is 0. The minimum Gasteiger partial charge on any atom is -0.330 e. The number of likely N-dealkylation sites (tertiary alicyclic amines) is 2. The lowest BCUT2D eigenvalue weighted by Crippen LogP contribution is -2.38. The largest absolute Gasteiger partial charge is 0.330 e. The minimum absolute atomic E-state index is 0.528. The Morgan fingerprint density at radius 1 is 1.12 bits per heavy atom. The number of rotatable bonds is 4. The van der Waals surface area contributed by atoms with Gasteiger partial charge in [-0.2, -0.15) is 0 Å². The fourth-order valence-electron chi connectivity index (χ4n) is 3.44. The molecule has 16 heavy (non-hydrogen) atoms. The SMILES string of the molecule is NCC1(CN2CCC(N3CCCC3)C2)CC1. The lowest BCUT2D eigenvalue weighted by Gasteiger charge is -2.25. The van der Waals surface area contributed by atoms with Crippen molar-refractivity contribution in [3.8, 4) is 0 Å². The minimum atomic E-state index is 0.528. The summed E-state index contributed by atoms with van der Waals surface area (Å²) in [5.41, 5.74) is 6.39. The lowest BCUT2D eigenvalue weighted by molar-refractivity contribution is 0.214. The standard InChI is InChI=1S/C13H25N3/c14-10-13(4-5-13)11-15-8-3-12(9-15)16-6-1-2-7-16/h12H,1-11,14H2. The van der Waals surface area contributed by atoms with E-state index in [4.69, 9.17) is 5.73 Å². The van der Waals surface area contributed by atoms with E-state index in [1.54, 1.807) is 0 Å². The van der Waals surface area contributed by atoms with Gasteiger partial charge in [-0.15, -0.1) is 0 Å². The van der Waals surface area contributed by atoms with Crippen LogP contribution in [0.1, 0.15) is 32.1 Å². The van der Waals surface area contributed by atoms with Crippen molar-refractivity contribution in [3.63, 3.8) is 0 Å². The molecule has 1 aliphatic carbocycles. The Balaban J connectivity index is 1.49. The molecule has 1 unspecified atom stereocenters. The summed E-state index contributed by atoms with van der Waals surface area (Å²) in [6.45, 7) is 7.48. The van der Waals surface area contributed by atoms with E-state index in [1.165, 1.54) is 64.8 Å². The first kappa shape index (κ1) is 11.0. The van der Waals surface area contributed by atoms with Crippen LogP contribution in [0.25, 0.3) is 0 Å². The number of nitrogens with zero attached hydrogens (tertiary/aromatic N) is 2. The van der Waals surface area contributed by atoms with E-state index in [9.17, 15) is 0 Å². The van der Waals surface area contributed by atoms with Crippen LogP contribution < -0.4 is 5.73 Å². The Hall–Kier alpha value is -0.120. The maximum Gasteiger partial charge on any atom is 0.0235 e. The molecular formula is C13H25N3. The second-order valence-corrected chi connectivity index (χ2v) is 6.12. The van der Waals surface area contributed by atoms with Crippen LogP contribution in [0.5, 0.6) is 0 Å². The Morgan fingerprint density at radius 2 is 1.88 bits per heavy atom. The van der Waals surface area contributed by atoms with E-state index in [2.05, 4.69) is 9.80 Å². The highest BCUT2D eigenvalue weighted by Crippen LogP contribution is 2.45. The molecule has 2 aliphatic heterocycles. The van der Waals surface area contributed by atoms with Gasteiger partial charge in [0.15, 0.2) is 0 Å². The third-order valence-electron chi connectivity index (χ3n) is 4.85. The van der Waals surface area contributed by atoms with Crippen molar-refractivity contribution in [2.24, 2.45) is 11.1 Å². The highest BCUT2D eigenvalue weighted by molar-refractivity contribution is 4.98. The first-order valence-corrected chi connectivity index (χ1v) is 6.98. The van der Waals surface area contributed by atoms with Gasteiger partial charge in [-0.1, -0.05) is 0 Å². The highest BCUT2D eigenvalue weighted by Gasteiger charge is 2.43. The van der Waals surface area contributed by atoms with E-state index in [0.29, 0.717) is 5.41 Å². The van der Waals surface area contributed by atoms with Gasteiger partial charge in [0.2, 0.25) is 0 Å². The molecule has 1 saturated carbocycles. The average Bonchev–Trinajstić information content (AvgIpc) is 2.72. The Bertz CT molecular complexity index is 244. The Kier molecular flexibility index (Phi) is 2.94. The molecule has 0 aromatic heterocycles. The first-order valence-electron chi connectivity index (χ1n) is 6.98. The van der Waals surface area contributed by atoms with Gasteiger partial charge in [-0.05, 0) is 63.7 Å². The van der Waals surface area contributed by atoms with Gasteiger partial charge in [0.25, 0.3) is 0 Å². The van der Waals surface area contributed by atoms with Gasteiger partial charge in [0, 0.05) is 19.1 Å². The predicted molar refractivity (Wildman–Crippen MR) is 66.4 cm³/mol. The Morgan fingerprint density at radius 3 is 2.50 bits per heavy atom. The molecule has 0 spiro atoms. The van der Waals surface area contributed by atoms with Crippen molar-refractivity contribution in [1.82, 2.24) is 9.80 Å². The van der Waals surface area contributed by atoms with E-state index < -0.39 is 0 Å². The fraction of sp³-hybridized carbons (Fsp3) is 1.00. The molecule has 0 bridgehead atoms. The average molecular weight is 223 g/mol. The second-order valence-electron chi connectivity index (χ2n) is 6.12. The molecule has 3 nitrogen and oxygen atoms in total. The third-order valence-corrected chi connectivity index (χ3v) is 4.85. The molecule has 0 aromatic rings. The molecule has 1 atom stereocenters. The smallest absolute Gasteiger partial charge is 0.0235 e. The molecule has 2 N–H and O–H groups in total. The molecule has 0 amide bonds. The zero-order valence-corrected chi connectivity index (χ0v) is 10.3. The summed E-state index contributed by atoms with van der Waals surface area (Å²) in [4.78, 5) is 5.38. The van der Waals surface area contributed by atoms with Crippen molar-refractivity contribution < 1.29 is 0 Å². The van der Waals surface area contributed by atoms with E-state index in [1.807, 2.05) is 0 Å². The molecule has 0 aromatic carbocycles. The van der Waals surface area contributed by atoms with Gasteiger partial charge in [-0.25, -0.2) is 0 Å². The van der Waals surface area contributed by atoms with Crippen LogP contribution in [0.15, 0.2) is 0 Å². The van der Waals surface area contributed by atoms with Gasteiger partial charge < -0.3 is 10.6 Å². The quantitative estimate of drug-likeness (QED) is 0.768. The summed E-state index contributed by atoms with van der Waals surface area (Å²) in [7, 11) is 0. The number of hydrogen-bond donors (Lipinski definition) is 1. The van der Waals surface area contributed by atoms with Crippen molar-refractivity contribution in [2.75, 3.05) is 39.3 Å². The first-order chi connectivity index (χ1) is 7.81. The monoisotopic (exact) mass is 223 g/mol. The molecule has 3 rings (SSSR count). The van der Waals surface area contributed by atoms with E-state index >= 15 is 0 Å². The summed E-state index contributed by atoms with van der Waals surface area (Å²) in [5.74, 6) is 0. The lowest BCUT2D eigenvalue weighted by atomic mass is 10.1. The van der Waals surface area contributed by atoms with E-state index in [0.717, 1.165) is 12.6 Å². The summed E-state index contributed by atoms with van der Waals surface area (Å²) < 4.78 is 0. The molecule has 0 radical (unpaired) electrons. The number of hydrogen-bond acceptors (Lipinski definition) is 3. The molecular weight excluding hydrogens is 198 g/mol. The van der Waals surface area contributed by atoms with Gasteiger partial charge in [0.1, 0.15) is 0 Å². The number of nitrogens with two attached hydrogens (primary N) is 1. The molecule has 2 saturated heterocycles. The summed E-state index contributed by atoms with van der Waals surface area (Å²) >= 11 is 0. The van der Waals surface area contributed by atoms with Crippen LogP contribution in [0, 0.1) is 5.41 Å². The zero-order valence-electron chi connectivity index (χ0n) is 10.3. The zero-order chi connectivity index (χ0) is 11.0. The molecule has 3 heteroatoms. The fourth-order valence-corrected chi connectivity index (χ4v) is 3.44. The molecule has 92 valence electrons. The van der Waals surface area contributed by atoms with Crippen LogP contribution >= 0.6 is 0 Å². The summed E-state index contributed by atoms with van der Waals surface area (Å²) in [6, 6.07) is 0.857. The maximum atomic E-state index is 5.87. The third kappa shape index (κ3) is 2.13. The molecule has 2 heterocycles. The van der Waals surface area contributed by atoms with Crippen LogP contribution in [0.3, 0.4) is 0 Å². The van der Waals surface area contributed by atoms with Crippen LogP contribution in [0.4, 0.5) is 0 Å². The normalized spacial score (nSPS) is 34.7. The van der Waals surface area contributed by atoms with Crippen molar-refractivity contribution in [2.45, 2.75) is 38.1 Å². The van der Waals surface area contributed by atoms with Gasteiger partial charge in [-0.3, -0.25) is 4.90 Å². The van der Waals surface area contributed by atoms with Gasteiger partial charge >= 0.3 is 0 Å². The molecule has 3 fully saturated rings. The van der Waals surface area contributed by atoms with Crippen molar-refractivity contribution >= 4 is 0 Å². The predicted octanol–water partition coefficient (Wildman–Crippen LogP) is 0.895. The summed E-state index contributed by atoms with van der Waals surface area (Å²) in [6.07, 6.45) is 6.97. The van der Waals surface area contributed by atoms with Crippen LogP contribution in [-0.2, 0) is 0 Å². The molecule has 3 aliphatic rings. The van der Waals surface area contributed by atoms with Crippen molar-refractivity contribution in [3.05, 3.63) is 0 Å². The highest BCUT2D eigenvalue weighted by atomic mass is 15.3. The topological polar surface area (TPSA) is 32.5 Å². The van der Waals surface area contributed by atoms with Crippen molar-refractivity contribution in [1.29, 1.82) is 0 Å². The van der Waals surface area contributed by atoms with Crippen LogP contribution in [-0.4, -0.2) is 55.1 Å².